The van der Waals surface area contributed by atoms with Crippen molar-refractivity contribution in [1.29, 1.82) is 0 Å². The van der Waals surface area contributed by atoms with Crippen LogP contribution in [0.15, 0.2) is 127 Å². The second kappa shape index (κ2) is 17.1. The number of aryl methyl sites for hydroxylation is 2. The van der Waals surface area contributed by atoms with Gasteiger partial charge in [-0.2, -0.15) is 0 Å². The second-order valence-corrected chi connectivity index (χ2v) is 16.0. The molecule has 0 aromatic heterocycles. The van der Waals surface area contributed by atoms with E-state index < -0.39 is 31.0 Å². The summed E-state index contributed by atoms with van der Waals surface area (Å²) < 4.78 is 78.5. The first kappa shape index (κ1) is 40.4. The zero-order valence-corrected chi connectivity index (χ0v) is 33.3. The highest BCUT2D eigenvalue weighted by Crippen LogP contribution is 2.39. The zero-order valence-electron chi connectivity index (χ0n) is 31.6. The first-order chi connectivity index (χ1) is 25.7. The van der Waals surface area contributed by atoms with Gasteiger partial charge in [0.2, 0.25) is 0 Å². The molecular formula is C43H48N3O6S2-. The lowest BCUT2D eigenvalue weighted by Gasteiger charge is -2.35. The maximum absolute atomic E-state index is 12.7. The van der Waals surface area contributed by atoms with Gasteiger partial charge in [-0.05, 0) is 122 Å². The molecular weight excluding hydrogens is 719 g/mol. The molecule has 5 rings (SSSR count). The normalized spacial score (nSPS) is 14.1. The Balaban J connectivity index is 1.67. The van der Waals surface area contributed by atoms with Gasteiger partial charge in [0.15, 0.2) is 5.71 Å². The van der Waals surface area contributed by atoms with Crippen LogP contribution in [0.3, 0.4) is 0 Å². The molecule has 0 bridgehead atoms. The summed E-state index contributed by atoms with van der Waals surface area (Å²) in [6.07, 6.45) is 8.37. The maximum Gasteiger partial charge on any atom is 0.199 e. The number of anilines is 2. The Bertz CT molecular complexity index is 2160. The molecule has 4 aromatic rings. The van der Waals surface area contributed by atoms with Crippen LogP contribution in [0.25, 0.3) is 5.57 Å². The minimum Gasteiger partial charge on any atom is -0.746 e. The van der Waals surface area contributed by atoms with Crippen LogP contribution >= 0.6 is 0 Å². The molecule has 0 fully saturated rings. The average Bonchev–Trinajstić information content (AvgIpc) is 3.14. The Labute approximate surface area is 320 Å². The van der Waals surface area contributed by atoms with Crippen LogP contribution in [0.1, 0.15) is 71.8 Å². The van der Waals surface area contributed by atoms with Gasteiger partial charge < -0.3 is 18.9 Å². The third kappa shape index (κ3) is 8.76. The molecule has 0 saturated carbocycles. The molecule has 9 nitrogen and oxygen atoms in total. The number of nitrogens with zero attached hydrogens (tertiary/aromatic N) is 3. The Kier molecular flexibility index (Phi) is 12.8. The Hall–Kier alpha value is -4.81. The third-order valence-electron chi connectivity index (χ3n) is 9.87. The van der Waals surface area contributed by atoms with Crippen molar-refractivity contribution in [3.8, 4) is 0 Å². The van der Waals surface area contributed by atoms with Gasteiger partial charge in [-0.3, -0.25) is 0 Å². The SMILES string of the molecule is CCN(c1ccc(C(=C2C=CC(=[N+](CC)CC)C=C2)c2ccc(N(CC)C(c3ccccc3)S(=O)(=O)[O-])cc2C)c(C)c1)C(c1ccccc1)S(=O)(=O)[O-]. The van der Waals surface area contributed by atoms with Crippen LogP contribution < -0.4 is 9.80 Å². The van der Waals surface area contributed by atoms with E-state index in [1.165, 1.54) is 0 Å². The second-order valence-electron chi connectivity index (χ2n) is 13.2. The molecule has 54 heavy (non-hydrogen) atoms. The predicted octanol–water partition coefficient (Wildman–Crippen LogP) is 7.87. The topological polar surface area (TPSA) is 124 Å². The van der Waals surface area contributed by atoms with Crippen LogP contribution in [0.4, 0.5) is 11.4 Å². The highest BCUT2D eigenvalue weighted by atomic mass is 32.2. The van der Waals surface area contributed by atoms with Crippen molar-refractivity contribution in [2.75, 3.05) is 36.0 Å². The van der Waals surface area contributed by atoms with Gasteiger partial charge in [0, 0.05) is 36.6 Å². The zero-order chi connectivity index (χ0) is 39.2. The largest absolute Gasteiger partial charge is 0.746 e. The summed E-state index contributed by atoms with van der Waals surface area (Å²) in [6, 6.07) is 28.5. The summed E-state index contributed by atoms with van der Waals surface area (Å²) in [4.78, 5) is 3.22. The Morgan fingerprint density at radius 1 is 0.593 bits per heavy atom. The highest BCUT2D eigenvalue weighted by molar-refractivity contribution is 7.86. The molecule has 1 aliphatic rings. The average molecular weight is 767 g/mol. The minimum absolute atomic E-state index is 0.279. The molecule has 11 heteroatoms. The molecule has 0 saturated heterocycles. The van der Waals surface area contributed by atoms with Gasteiger partial charge in [-0.25, -0.2) is 21.4 Å². The van der Waals surface area contributed by atoms with Crippen molar-refractivity contribution in [2.24, 2.45) is 0 Å². The van der Waals surface area contributed by atoms with Crippen LogP contribution in [-0.4, -0.2) is 62.4 Å². The van der Waals surface area contributed by atoms with Crippen molar-refractivity contribution >= 4 is 42.9 Å². The van der Waals surface area contributed by atoms with E-state index in [2.05, 4.69) is 42.7 Å². The summed E-state index contributed by atoms with van der Waals surface area (Å²) in [7, 11) is -9.53. The first-order valence-corrected chi connectivity index (χ1v) is 21.1. The van der Waals surface area contributed by atoms with E-state index in [1.54, 1.807) is 70.5 Å². The fourth-order valence-corrected chi connectivity index (χ4v) is 9.45. The molecule has 284 valence electrons. The maximum atomic E-state index is 12.7. The molecule has 0 spiro atoms. The number of hydrogen-bond donors (Lipinski definition) is 0. The lowest BCUT2D eigenvalue weighted by Crippen LogP contribution is -2.34. The quantitative estimate of drug-likeness (QED) is 0.0939. The first-order valence-electron chi connectivity index (χ1n) is 18.2. The summed E-state index contributed by atoms with van der Waals surface area (Å²) in [5.74, 6) is 0. The number of hydrogen-bond acceptors (Lipinski definition) is 8. The smallest absolute Gasteiger partial charge is 0.199 e. The highest BCUT2D eigenvalue weighted by Gasteiger charge is 2.29. The third-order valence-corrected chi connectivity index (χ3v) is 12.0. The van der Waals surface area contributed by atoms with Crippen molar-refractivity contribution in [3.63, 3.8) is 0 Å². The monoisotopic (exact) mass is 766 g/mol. The van der Waals surface area contributed by atoms with Crippen LogP contribution in [0.5, 0.6) is 0 Å². The van der Waals surface area contributed by atoms with Gasteiger partial charge in [-0.1, -0.05) is 72.8 Å². The lowest BCUT2D eigenvalue weighted by molar-refractivity contribution is -0.519. The summed E-state index contributed by atoms with van der Waals surface area (Å²) >= 11 is 0. The van der Waals surface area contributed by atoms with E-state index in [4.69, 9.17) is 0 Å². The van der Waals surface area contributed by atoms with Crippen LogP contribution in [-0.2, 0) is 20.2 Å². The van der Waals surface area contributed by atoms with E-state index >= 15 is 0 Å². The minimum atomic E-state index is -4.77. The van der Waals surface area contributed by atoms with E-state index in [0.29, 0.717) is 22.5 Å². The van der Waals surface area contributed by atoms with Crippen LogP contribution in [0, 0.1) is 13.8 Å². The van der Waals surface area contributed by atoms with E-state index in [9.17, 15) is 25.9 Å². The summed E-state index contributed by atoms with van der Waals surface area (Å²) in [5.41, 5.74) is 8.49. The number of rotatable bonds is 14. The fourth-order valence-electron chi connectivity index (χ4n) is 7.31. The molecule has 0 aliphatic heterocycles. The van der Waals surface area contributed by atoms with Gasteiger partial charge in [0.05, 0.1) is 0 Å². The van der Waals surface area contributed by atoms with Gasteiger partial charge in [0.1, 0.15) is 44.1 Å². The summed E-state index contributed by atoms with van der Waals surface area (Å²) in [6.45, 7) is 14.1. The molecule has 0 amide bonds. The lowest BCUT2D eigenvalue weighted by atomic mass is 9.86. The van der Waals surface area contributed by atoms with Gasteiger partial charge in [0.25, 0.3) is 0 Å². The van der Waals surface area contributed by atoms with Gasteiger partial charge >= 0.3 is 0 Å². The molecule has 0 radical (unpaired) electrons. The number of benzene rings is 4. The molecule has 0 heterocycles. The number of allylic oxidation sites excluding steroid dienone is 5. The van der Waals surface area contributed by atoms with Gasteiger partial charge in [-0.15, -0.1) is 0 Å². The summed E-state index contributed by atoms with van der Waals surface area (Å²) in [5, 5.41) is -2.81. The van der Waals surface area contributed by atoms with Crippen molar-refractivity contribution in [1.82, 2.24) is 0 Å². The molecule has 4 aromatic carbocycles. The van der Waals surface area contributed by atoms with Crippen LogP contribution in [0.2, 0.25) is 0 Å². The fraction of sp³-hybridized carbons (Fsp3) is 0.279. The molecule has 2 unspecified atom stereocenters. The van der Waals surface area contributed by atoms with E-state index in [-0.39, 0.29) is 13.1 Å². The van der Waals surface area contributed by atoms with Crippen molar-refractivity contribution in [3.05, 3.63) is 160 Å². The molecule has 2 atom stereocenters. The van der Waals surface area contributed by atoms with Crippen molar-refractivity contribution < 1.29 is 30.5 Å². The Morgan fingerprint density at radius 2 is 0.981 bits per heavy atom. The predicted molar refractivity (Wildman–Crippen MR) is 217 cm³/mol. The molecule has 1 aliphatic carbocycles. The molecule has 0 N–H and O–H groups in total. The Morgan fingerprint density at radius 3 is 1.30 bits per heavy atom. The standard InChI is InChI=1S/C43H49N3O6S2/c1-7-44(8-2)36-23-21-33(22-24-36)41(39-27-25-37(29-31(39)5)45(9-3)42(53(47,48)49)34-17-13-11-14-18-34)40-28-26-38(30-32(40)6)46(10-4)43(54(50,51)52)35-19-15-12-16-20-35/h11-30,42-43H,7-10H2,1-6H3,(H-,47,48,49,50,51,52)/p-1. The van der Waals surface area contributed by atoms with E-state index in [1.807, 2.05) is 64.1 Å². The van der Waals surface area contributed by atoms with E-state index in [0.717, 1.165) is 52.2 Å². The van der Waals surface area contributed by atoms with Crippen molar-refractivity contribution in [2.45, 2.75) is 52.3 Å².